The van der Waals surface area contributed by atoms with E-state index >= 15 is 0 Å². The molecule has 0 aliphatic rings. The molecule has 0 aliphatic carbocycles. The van der Waals surface area contributed by atoms with Crippen LogP contribution < -0.4 is 0 Å². The van der Waals surface area contributed by atoms with Gasteiger partial charge in [-0.3, -0.25) is 4.79 Å². The Morgan fingerprint density at radius 2 is 1.62 bits per heavy atom. The van der Waals surface area contributed by atoms with E-state index in [2.05, 4.69) is 0 Å². The summed E-state index contributed by atoms with van der Waals surface area (Å²) in [5, 5.41) is 0.722. The van der Waals surface area contributed by atoms with Gasteiger partial charge in [0.05, 0.1) is 7.11 Å². The van der Waals surface area contributed by atoms with E-state index in [0.717, 1.165) is 5.56 Å². The van der Waals surface area contributed by atoms with Gasteiger partial charge in [-0.2, -0.15) is 0 Å². The van der Waals surface area contributed by atoms with Crippen molar-refractivity contribution in [3.8, 4) is 0 Å². The van der Waals surface area contributed by atoms with Crippen molar-refractivity contribution in [1.82, 2.24) is 0 Å². The number of carbonyl (C=O) groups is 2. The maximum absolute atomic E-state index is 12.5. The highest BCUT2D eigenvalue weighted by molar-refractivity contribution is 6.37. The van der Waals surface area contributed by atoms with E-state index in [4.69, 9.17) is 27.9 Å². The topological polar surface area (TPSA) is 43.4 Å². The van der Waals surface area contributed by atoms with Gasteiger partial charge >= 0.3 is 5.97 Å². The molecule has 0 saturated heterocycles. The first-order chi connectivity index (χ1) is 11.5. The summed E-state index contributed by atoms with van der Waals surface area (Å²) >= 11 is 12.2. The molecule has 2 rings (SSSR count). The van der Waals surface area contributed by atoms with Crippen molar-refractivity contribution < 1.29 is 14.3 Å². The minimum absolute atomic E-state index is 0.0663. The maximum atomic E-state index is 12.5. The van der Waals surface area contributed by atoms with E-state index in [1.54, 1.807) is 18.2 Å². The zero-order valence-corrected chi connectivity index (χ0v) is 14.6. The van der Waals surface area contributed by atoms with E-state index < -0.39 is 5.97 Å². The monoisotopic (exact) mass is 362 g/mol. The molecule has 124 valence electrons. The number of hydrogen-bond donors (Lipinski definition) is 0. The Labute approximate surface area is 150 Å². The van der Waals surface area contributed by atoms with Gasteiger partial charge in [-0.1, -0.05) is 59.6 Å². The lowest BCUT2D eigenvalue weighted by Crippen LogP contribution is -2.15. The zero-order valence-electron chi connectivity index (χ0n) is 13.1. The van der Waals surface area contributed by atoms with Gasteiger partial charge in [0, 0.05) is 22.0 Å². The fraction of sp³-hybridized carbons (Fsp3) is 0.158. The molecule has 0 N–H and O–H groups in total. The largest absolute Gasteiger partial charge is 0.465 e. The Kier molecular flexibility index (Phi) is 6.59. The number of esters is 1. The predicted octanol–water partition coefficient (Wildman–Crippen LogP) is 4.75. The summed E-state index contributed by atoms with van der Waals surface area (Å²) < 4.78 is 4.72. The average Bonchev–Trinajstić information content (AvgIpc) is 2.60. The molecule has 0 amide bonds. The Morgan fingerprint density at radius 3 is 2.21 bits per heavy atom. The first-order valence-electron chi connectivity index (χ1n) is 7.34. The molecule has 2 aromatic rings. The van der Waals surface area contributed by atoms with E-state index in [0.29, 0.717) is 22.0 Å². The van der Waals surface area contributed by atoms with Crippen LogP contribution in [0.25, 0.3) is 6.08 Å². The van der Waals surface area contributed by atoms with Crippen LogP contribution in [0.2, 0.25) is 10.0 Å². The number of halogens is 2. The number of methoxy groups -OCH3 is 1. The summed E-state index contributed by atoms with van der Waals surface area (Å²) in [6.07, 6.45) is 2.11. The number of aryl methyl sites for hydroxylation is 1. The highest BCUT2D eigenvalue weighted by atomic mass is 35.5. The van der Waals surface area contributed by atoms with Gasteiger partial charge in [0.2, 0.25) is 0 Å². The van der Waals surface area contributed by atoms with Crippen molar-refractivity contribution >= 4 is 41.0 Å². The molecule has 0 atom stereocenters. The van der Waals surface area contributed by atoms with Gasteiger partial charge in [0.25, 0.3) is 0 Å². The van der Waals surface area contributed by atoms with Crippen LogP contribution in [0.4, 0.5) is 0 Å². The van der Waals surface area contributed by atoms with Crippen LogP contribution >= 0.6 is 23.2 Å². The quantitative estimate of drug-likeness (QED) is 0.322. The molecule has 2 aromatic carbocycles. The summed E-state index contributed by atoms with van der Waals surface area (Å²) in [6, 6.07) is 14.5. The predicted molar refractivity (Wildman–Crippen MR) is 96.2 cm³/mol. The number of rotatable bonds is 6. The lowest BCUT2D eigenvalue weighted by molar-refractivity contribution is -0.137. The summed E-state index contributed by atoms with van der Waals surface area (Å²) in [5.74, 6) is -1.02. The average molecular weight is 363 g/mol. The van der Waals surface area contributed by atoms with Gasteiger partial charge in [-0.05, 0) is 30.2 Å². The lowest BCUT2D eigenvalue weighted by atomic mass is 10.0. The lowest BCUT2D eigenvalue weighted by Gasteiger charge is -2.07. The van der Waals surface area contributed by atoms with Gasteiger partial charge in [-0.25, -0.2) is 4.79 Å². The Balaban J connectivity index is 2.26. The minimum Gasteiger partial charge on any atom is -0.465 e. The van der Waals surface area contributed by atoms with Crippen LogP contribution in [0.3, 0.4) is 0 Å². The molecular weight excluding hydrogens is 347 g/mol. The second-order valence-electron chi connectivity index (χ2n) is 5.09. The molecular formula is C19H16Cl2O3. The first-order valence-corrected chi connectivity index (χ1v) is 8.09. The molecule has 5 heteroatoms. The molecule has 0 heterocycles. The van der Waals surface area contributed by atoms with Gasteiger partial charge in [-0.15, -0.1) is 0 Å². The van der Waals surface area contributed by atoms with E-state index in [9.17, 15) is 9.59 Å². The minimum atomic E-state index is -0.705. The molecule has 0 radical (unpaired) electrons. The fourth-order valence-electron chi connectivity index (χ4n) is 2.19. The van der Waals surface area contributed by atoms with Crippen molar-refractivity contribution in [2.24, 2.45) is 0 Å². The third-order valence-corrected chi connectivity index (χ3v) is 4.14. The van der Waals surface area contributed by atoms with Crippen molar-refractivity contribution in [2.45, 2.75) is 12.8 Å². The smallest absolute Gasteiger partial charge is 0.341 e. The van der Waals surface area contributed by atoms with Crippen molar-refractivity contribution in [3.05, 3.63) is 75.3 Å². The van der Waals surface area contributed by atoms with Gasteiger partial charge in [0.1, 0.15) is 5.57 Å². The number of ether oxygens (including phenoxy) is 1. The normalized spacial score (nSPS) is 11.2. The molecule has 0 fully saturated rings. The van der Waals surface area contributed by atoms with Crippen molar-refractivity contribution in [1.29, 1.82) is 0 Å². The molecule has 0 bridgehead atoms. The second-order valence-corrected chi connectivity index (χ2v) is 5.91. The highest BCUT2D eigenvalue weighted by Gasteiger charge is 2.20. The van der Waals surface area contributed by atoms with Crippen LogP contribution in [-0.2, 0) is 20.7 Å². The van der Waals surface area contributed by atoms with E-state index in [1.807, 2.05) is 30.3 Å². The molecule has 3 nitrogen and oxygen atoms in total. The number of benzene rings is 2. The Bertz CT molecular complexity index is 747. The summed E-state index contributed by atoms with van der Waals surface area (Å²) in [7, 11) is 1.23. The van der Waals surface area contributed by atoms with Crippen molar-refractivity contribution in [2.75, 3.05) is 7.11 Å². The molecule has 24 heavy (non-hydrogen) atoms. The Hall–Kier alpha value is -2.10. The number of hydrogen-bond acceptors (Lipinski definition) is 3. The Morgan fingerprint density at radius 1 is 1.00 bits per heavy atom. The van der Waals surface area contributed by atoms with Crippen LogP contribution in [0.5, 0.6) is 0 Å². The zero-order chi connectivity index (χ0) is 17.5. The first kappa shape index (κ1) is 18.2. The van der Waals surface area contributed by atoms with Crippen LogP contribution in [0.15, 0.2) is 54.1 Å². The van der Waals surface area contributed by atoms with Gasteiger partial charge in [0.15, 0.2) is 5.78 Å². The molecule has 0 aromatic heterocycles. The SMILES string of the molecule is COC(=O)/C(=C\c1c(Cl)cccc1Cl)C(=O)CCc1ccccc1. The summed E-state index contributed by atoms with van der Waals surface area (Å²) in [5.41, 5.74) is 1.38. The molecule has 0 unspecified atom stereocenters. The van der Waals surface area contributed by atoms with E-state index in [1.165, 1.54) is 13.2 Å². The number of carbonyl (C=O) groups excluding carboxylic acids is 2. The molecule has 0 saturated carbocycles. The maximum Gasteiger partial charge on any atom is 0.341 e. The van der Waals surface area contributed by atoms with Crippen LogP contribution in [-0.4, -0.2) is 18.9 Å². The van der Waals surface area contributed by atoms with Crippen LogP contribution in [0.1, 0.15) is 17.5 Å². The molecule has 0 spiro atoms. The van der Waals surface area contributed by atoms with Crippen LogP contribution in [0, 0.1) is 0 Å². The standard InChI is InChI=1S/C19H16Cl2O3/c1-24-19(23)15(12-14-16(20)8-5-9-17(14)21)18(22)11-10-13-6-3-2-4-7-13/h2-9,12H,10-11H2,1H3/b15-12-. The number of Topliss-reactive ketones (excluding diaryl/α,β-unsaturated/α-hetero) is 1. The molecule has 0 aliphatic heterocycles. The van der Waals surface area contributed by atoms with Crippen molar-refractivity contribution in [3.63, 3.8) is 0 Å². The second kappa shape index (κ2) is 8.67. The summed E-state index contributed by atoms with van der Waals surface area (Å²) in [4.78, 5) is 24.5. The highest BCUT2D eigenvalue weighted by Crippen LogP contribution is 2.27. The number of ketones is 1. The van der Waals surface area contributed by atoms with Gasteiger partial charge < -0.3 is 4.74 Å². The van der Waals surface area contributed by atoms with E-state index in [-0.39, 0.29) is 17.8 Å². The fourth-order valence-corrected chi connectivity index (χ4v) is 2.70. The summed E-state index contributed by atoms with van der Waals surface area (Å²) in [6.45, 7) is 0. The third-order valence-electron chi connectivity index (χ3n) is 3.48. The third kappa shape index (κ3) is 4.70.